The molecule has 2 atom stereocenters. The number of hydrogen-bond donors (Lipinski definition) is 2. The van der Waals surface area contributed by atoms with Gasteiger partial charge < -0.3 is 15.2 Å². The normalized spacial score (nSPS) is 22.3. The van der Waals surface area contributed by atoms with Crippen LogP contribution in [-0.2, 0) is 11.3 Å². The Kier molecular flexibility index (Phi) is 5.79. The minimum absolute atomic E-state index is 0.171. The number of rotatable bonds is 6. The highest BCUT2D eigenvalue weighted by molar-refractivity contribution is 5.14. The SMILES string of the molecule is CC(NCCO)C1CN(Cc2ccccc2)CCO1. The number of nitrogens with one attached hydrogen (secondary N) is 1. The minimum Gasteiger partial charge on any atom is -0.395 e. The number of hydrogen-bond acceptors (Lipinski definition) is 4. The molecule has 0 bridgehead atoms. The third kappa shape index (κ3) is 4.58. The van der Waals surface area contributed by atoms with E-state index in [9.17, 15) is 0 Å². The van der Waals surface area contributed by atoms with Crippen molar-refractivity contribution in [1.82, 2.24) is 10.2 Å². The molecule has 1 fully saturated rings. The Morgan fingerprint density at radius 3 is 2.95 bits per heavy atom. The molecule has 19 heavy (non-hydrogen) atoms. The molecule has 0 spiro atoms. The second-order valence-corrected chi connectivity index (χ2v) is 5.10. The lowest BCUT2D eigenvalue weighted by Gasteiger charge is -2.36. The average Bonchev–Trinajstić information content (AvgIpc) is 2.46. The maximum absolute atomic E-state index is 8.85. The van der Waals surface area contributed by atoms with E-state index >= 15 is 0 Å². The van der Waals surface area contributed by atoms with Crippen LogP contribution in [0.4, 0.5) is 0 Å². The number of morpholine rings is 1. The van der Waals surface area contributed by atoms with E-state index in [-0.39, 0.29) is 18.8 Å². The van der Waals surface area contributed by atoms with Crippen LogP contribution in [0.5, 0.6) is 0 Å². The summed E-state index contributed by atoms with van der Waals surface area (Å²) in [5.41, 5.74) is 1.35. The molecule has 0 aliphatic carbocycles. The van der Waals surface area contributed by atoms with Crippen LogP contribution >= 0.6 is 0 Å². The van der Waals surface area contributed by atoms with Crippen LogP contribution in [0, 0.1) is 0 Å². The molecule has 4 heteroatoms. The smallest absolute Gasteiger partial charge is 0.0852 e. The Balaban J connectivity index is 1.83. The number of ether oxygens (including phenoxy) is 1. The number of aliphatic hydroxyl groups excluding tert-OH is 1. The molecule has 2 unspecified atom stereocenters. The quantitative estimate of drug-likeness (QED) is 0.800. The number of benzene rings is 1. The van der Waals surface area contributed by atoms with Gasteiger partial charge in [-0.05, 0) is 12.5 Å². The third-order valence-corrected chi connectivity index (χ3v) is 3.56. The molecule has 0 aromatic heterocycles. The van der Waals surface area contributed by atoms with Crippen LogP contribution in [0.2, 0.25) is 0 Å². The molecular formula is C15H24N2O2. The fraction of sp³-hybridized carbons (Fsp3) is 0.600. The molecule has 1 aliphatic rings. The molecule has 0 saturated carbocycles. The molecule has 1 aromatic carbocycles. The monoisotopic (exact) mass is 264 g/mol. The summed E-state index contributed by atoms with van der Waals surface area (Å²) in [5.74, 6) is 0. The highest BCUT2D eigenvalue weighted by atomic mass is 16.5. The molecule has 106 valence electrons. The lowest BCUT2D eigenvalue weighted by atomic mass is 10.1. The van der Waals surface area contributed by atoms with Gasteiger partial charge in [-0.25, -0.2) is 0 Å². The van der Waals surface area contributed by atoms with E-state index < -0.39 is 0 Å². The first kappa shape index (κ1) is 14.5. The van der Waals surface area contributed by atoms with E-state index in [2.05, 4.69) is 41.4 Å². The van der Waals surface area contributed by atoms with E-state index in [0.29, 0.717) is 6.54 Å². The van der Waals surface area contributed by atoms with Gasteiger partial charge in [-0.3, -0.25) is 4.90 Å². The predicted molar refractivity (Wildman–Crippen MR) is 76.0 cm³/mol. The van der Waals surface area contributed by atoms with Gasteiger partial charge in [-0.1, -0.05) is 30.3 Å². The van der Waals surface area contributed by atoms with E-state index in [1.54, 1.807) is 0 Å². The fourth-order valence-electron chi connectivity index (χ4n) is 2.44. The summed E-state index contributed by atoms with van der Waals surface area (Å²) in [4.78, 5) is 2.43. The van der Waals surface area contributed by atoms with Crippen molar-refractivity contribution in [1.29, 1.82) is 0 Å². The van der Waals surface area contributed by atoms with Crippen molar-refractivity contribution < 1.29 is 9.84 Å². The lowest BCUT2D eigenvalue weighted by molar-refractivity contribution is -0.0464. The van der Waals surface area contributed by atoms with Crippen LogP contribution in [0.3, 0.4) is 0 Å². The predicted octanol–water partition coefficient (Wildman–Crippen LogP) is 0.858. The van der Waals surface area contributed by atoms with Gasteiger partial charge >= 0.3 is 0 Å². The largest absolute Gasteiger partial charge is 0.395 e. The minimum atomic E-state index is 0.171. The summed E-state index contributed by atoms with van der Waals surface area (Å²) >= 11 is 0. The van der Waals surface area contributed by atoms with Crippen molar-refractivity contribution in [3.05, 3.63) is 35.9 Å². The maximum Gasteiger partial charge on any atom is 0.0852 e. The van der Waals surface area contributed by atoms with Crippen LogP contribution in [0.25, 0.3) is 0 Å². The number of nitrogens with zero attached hydrogens (tertiary/aromatic N) is 1. The maximum atomic E-state index is 8.85. The average molecular weight is 264 g/mol. The van der Waals surface area contributed by atoms with Crippen molar-refractivity contribution in [3.63, 3.8) is 0 Å². The van der Waals surface area contributed by atoms with Crippen LogP contribution in [-0.4, -0.2) is 55.0 Å². The fourth-order valence-corrected chi connectivity index (χ4v) is 2.44. The zero-order valence-electron chi connectivity index (χ0n) is 11.6. The molecule has 1 saturated heterocycles. The summed E-state index contributed by atoms with van der Waals surface area (Å²) in [5, 5.41) is 12.1. The number of aliphatic hydroxyl groups is 1. The summed E-state index contributed by atoms with van der Waals surface area (Å²) in [7, 11) is 0. The lowest BCUT2D eigenvalue weighted by Crippen LogP contribution is -2.51. The Morgan fingerprint density at radius 2 is 2.21 bits per heavy atom. The first-order chi connectivity index (χ1) is 9.29. The molecular weight excluding hydrogens is 240 g/mol. The topological polar surface area (TPSA) is 44.7 Å². The summed E-state index contributed by atoms with van der Waals surface area (Å²) in [6.45, 7) is 6.60. The van der Waals surface area contributed by atoms with Gasteiger partial charge in [0.1, 0.15) is 0 Å². The van der Waals surface area contributed by atoms with Crippen LogP contribution < -0.4 is 5.32 Å². The molecule has 2 rings (SSSR count). The molecule has 1 aliphatic heterocycles. The van der Waals surface area contributed by atoms with Crippen molar-refractivity contribution in [2.45, 2.75) is 25.6 Å². The van der Waals surface area contributed by atoms with Crippen molar-refractivity contribution >= 4 is 0 Å². The highest BCUT2D eigenvalue weighted by Gasteiger charge is 2.24. The molecule has 1 aromatic rings. The van der Waals surface area contributed by atoms with Gasteiger partial charge in [0.25, 0.3) is 0 Å². The molecule has 2 N–H and O–H groups in total. The van der Waals surface area contributed by atoms with Gasteiger partial charge in [-0.15, -0.1) is 0 Å². The summed E-state index contributed by atoms with van der Waals surface area (Å²) in [6.07, 6.45) is 0.198. The van der Waals surface area contributed by atoms with Gasteiger partial charge in [0, 0.05) is 32.2 Å². The second-order valence-electron chi connectivity index (χ2n) is 5.10. The second kappa shape index (κ2) is 7.60. The Hall–Kier alpha value is -0.940. The first-order valence-corrected chi connectivity index (χ1v) is 7.01. The molecule has 4 nitrogen and oxygen atoms in total. The zero-order chi connectivity index (χ0) is 13.5. The van der Waals surface area contributed by atoms with Crippen LogP contribution in [0.1, 0.15) is 12.5 Å². The van der Waals surface area contributed by atoms with E-state index in [1.165, 1.54) is 5.56 Å². The molecule has 1 heterocycles. The van der Waals surface area contributed by atoms with Gasteiger partial charge in [0.15, 0.2) is 0 Å². The highest BCUT2D eigenvalue weighted by Crippen LogP contribution is 2.12. The van der Waals surface area contributed by atoms with Gasteiger partial charge in [0.05, 0.1) is 19.3 Å². The Morgan fingerprint density at radius 1 is 1.42 bits per heavy atom. The standard InChI is InChI=1S/C15H24N2O2/c1-13(16-7-9-18)15-12-17(8-10-19-15)11-14-5-3-2-4-6-14/h2-6,13,15-16,18H,7-12H2,1H3. The van der Waals surface area contributed by atoms with Crippen molar-refractivity contribution in [3.8, 4) is 0 Å². The van der Waals surface area contributed by atoms with Gasteiger partial charge in [-0.2, -0.15) is 0 Å². The summed E-state index contributed by atoms with van der Waals surface area (Å²) < 4.78 is 5.82. The van der Waals surface area contributed by atoms with Crippen molar-refractivity contribution in [2.75, 3.05) is 32.8 Å². The van der Waals surface area contributed by atoms with Gasteiger partial charge in [0.2, 0.25) is 0 Å². The zero-order valence-corrected chi connectivity index (χ0v) is 11.6. The third-order valence-electron chi connectivity index (χ3n) is 3.56. The van der Waals surface area contributed by atoms with Crippen LogP contribution in [0.15, 0.2) is 30.3 Å². The van der Waals surface area contributed by atoms with Crippen molar-refractivity contribution in [2.24, 2.45) is 0 Å². The molecule has 0 radical (unpaired) electrons. The summed E-state index contributed by atoms with van der Waals surface area (Å²) in [6, 6.07) is 10.8. The first-order valence-electron chi connectivity index (χ1n) is 7.01. The molecule has 0 amide bonds. The van der Waals surface area contributed by atoms with E-state index in [0.717, 1.165) is 26.2 Å². The Bertz CT molecular complexity index is 358. The van der Waals surface area contributed by atoms with E-state index in [4.69, 9.17) is 9.84 Å². The Labute approximate surface area is 115 Å². The van der Waals surface area contributed by atoms with E-state index in [1.807, 2.05) is 6.07 Å².